The number of nitrogens with zero attached hydrogens (tertiary/aromatic N) is 2. The molecule has 10 heteroatoms. The number of rotatable bonds is 4. The molecule has 1 aromatic rings. The van der Waals surface area contributed by atoms with Crippen molar-refractivity contribution in [3.8, 4) is 0 Å². The molecule has 0 saturated carbocycles. The molecule has 0 amide bonds. The highest BCUT2D eigenvalue weighted by Gasteiger charge is 2.18. The molecule has 0 saturated heterocycles. The molecule has 0 bridgehead atoms. The highest BCUT2D eigenvalue weighted by atomic mass is 35.5. The predicted octanol–water partition coefficient (Wildman–Crippen LogP) is 0.610. The van der Waals surface area contributed by atoms with Gasteiger partial charge in [-0.25, -0.2) is 18.4 Å². The number of carbonyl (C=O) groups is 1. The highest BCUT2D eigenvalue weighted by Crippen LogP contribution is 2.25. The van der Waals surface area contributed by atoms with E-state index in [2.05, 4.69) is 9.97 Å². The lowest BCUT2D eigenvalue weighted by molar-refractivity contribution is -0.134. The quantitative estimate of drug-likeness (QED) is 0.785. The minimum Gasteiger partial charge on any atom is -0.480 e. The number of carboxylic acid groups (broad SMARTS) is 1. The Morgan fingerprint density at radius 3 is 2.62 bits per heavy atom. The van der Waals surface area contributed by atoms with Crippen molar-refractivity contribution in [1.82, 2.24) is 9.97 Å². The van der Waals surface area contributed by atoms with Gasteiger partial charge in [0.15, 0.2) is 16.7 Å². The van der Waals surface area contributed by atoms with E-state index in [0.29, 0.717) is 0 Å². The number of hydrogen-bond donors (Lipinski definition) is 2. The summed E-state index contributed by atoms with van der Waals surface area (Å²) in [5, 5.41) is 8.01. The molecule has 0 atom stereocenters. The zero-order valence-corrected chi connectivity index (χ0v) is 9.84. The first-order valence-corrected chi connectivity index (χ1v) is 6.11. The standard InChI is InChI=1S/C6H5Cl2N3O4S/c7-4-5(8)9-2-10-6(4)11-16(14,15)1-3(12)13/h2H,1H2,(H,12,13)(H,9,10,11). The molecular weight excluding hydrogens is 281 g/mol. The Morgan fingerprint density at radius 1 is 1.44 bits per heavy atom. The summed E-state index contributed by atoms with van der Waals surface area (Å²) in [4.78, 5) is 17.3. The molecule has 1 heterocycles. The Balaban J connectivity index is 2.97. The maximum Gasteiger partial charge on any atom is 0.320 e. The Labute approximate surface area is 100 Å². The van der Waals surface area contributed by atoms with Gasteiger partial charge < -0.3 is 5.11 Å². The van der Waals surface area contributed by atoms with Gasteiger partial charge in [-0.2, -0.15) is 0 Å². The topological polar surface area (TPSA) is 109 Å². The van der Waals surface area contributed by atoms with E-state index < -0.39 is 21.7 Å². The fourth-order valence-corrected chi connectivity index (χ4v) is 1.95. The molecular formula is C6H5Cl2N3O4S. The van der Waals surface area contributed by atoms with Crippen LogP contribution >= 0.6 is 23.2 Å². The normalized spacial score (nSPS) is 11.1. The largest absolute Gasteiger partial charge is 0.480 e. The molecule has 88 valence electrons. The van der Waals surface area contributed by atoms with Gasteiger partial charge in [-0.15, -0.1) is 0 Å². The summed E-state index contributed by atoms with van der Waals surface area (Å²) in [5.41, 5.74) is 0. The van der Waals surface area contributed by atoms with Crippen molar-refractivity contribution in [2.24, 2.45) is 0 Å². The van der Waals surface area contributed by atoms with Gasteiger partial charge in [0.2, 0.25) is 10.0 Å². The van der Waals surface area contributed by atoms with Gasteiger partial charge in [0.05, 0.1) is 0 Å². The van der Waals surface area contributed by atoms with Crippen molar-refractivity contribution in [2.45, 2.75) is 0 Å². The Morgan fingerprint density at radius 2 is 2.06 bits per heavy atom. The SMILES string of the molecule is O=C(O)CS(=O)(=O)Nc1ncnc(Cl)c1Cl. The van der Waals surface area contributed by atoms with E-state index in [1.165, 1.54) is 0 Å². The van der Waals surface area contributed by atoms with Crippen LogP contribution in [-0.2, 0) is 14.8 Å². The Kier molecular flexibility index (Phi) is 3.89. The van der Waals surface area contributed by atoms with Gasteiger partial charge in [-0.1, -0.05) is 23.2 Å². The van der Waals surface area contributed by atoms with Gasteiger partial charge in [-0.3, -0.25) is 9.52 Å². The fraction of sp³-hybridized carbons (Fsp3) is 0.167. The summed E-state index contributed by atoms with van der Waals surface area (Å²) < 4.78 is 24.3. The molecule has 0 spiro atoms. The number of nitrogens with one attached hydrogen (secondary N) is 1. The summed E-state index contributed by atoms with van der Waals surface area (Å²) in [6, 6.07) is 0. The zero-order chi connectivity index (χ0) is 12.3. The van der Waals surface area contributed by atoms with Crippen LogP contribution in [0.2, 0.25) is 10.2 Å². The second-order valence-electron chi connectivity index (χ2n) is 2.58. The molecule has 0 aliphatic carbocycles. The maximum absolute atomic E-state index is 11.2. The lowest BCUT2D eigenvalue weighted by Crippen LogP contribution is -2.23. The number of aromatic nitrogens is 2. The molecule has 16 heavy (non-hydrogen) atoms. The Hall–Kier alpha value is -1.12. The number of hydrogen-bond acceptors (Lipinski definition) is 5. The molecule has 0 aliphatic rings. The first-order chi connectivity index (χ1) is 7.32. The monoisotopic (exact) mass is 285 g/mol. The van der Waals surface area contributed by atoms with Gasteiger partial charge >= 0.3 is 5.97 Å². The number of sulfonamides is 1. The average molecular weight is 286 g/mol. The summed E-state index contributed by atoms with van der Waals surface area (Å²) >= 11 is 11.1. The molecule has 0 aromatic carbocycles. The third-order valence-corrected chi connectivity index (χ3v) is 3.19. The lowest BCUT2D eigenvalue weighted by atomic mass is 10.6. The predicted molar refractivity (Wildman–Crippen MR) is 57.1 cm³/mol. The van der Waals surface area contributed by atoms with Crippen molar-refractivity contribution >= 4 is 45.0 Å². The van der Waals surface area contributed by atoms with Crippen LogP contribution < -0.4 is 4.72 Å². The van der Waals surface area contributed by atoms with E-state index in [1.807, 2.05) is 4.72 Å². The van der Waals surface area contributed by atoms with E-state index in [4.69, 9.17) is 28.3 Å². The third kappa shape index (κ3) is 3.47. The Bertz CT molecular complexity index is 519. The van der Waals surface area contributed by atoms with Crippen molar-refractivity contribution in [1.29, 1.82) is 0 Å². The summed E-state index contributed by atoms with van der Waals surface area (Å²) in [6.07, 6.45) is 0.993. The molecule has 7 nitrogen and oxygen atoms in total. The minimum absolute atomic E-state index is 0.135. The minimum atomic E-state index is -4.06. The van der Waals surface area contributed by atoms with Gasteiger partial charge in [0.1, 0.15) is 11.3 Å². The van der Waals surface area contributed by atoms with E-state index in [-0.39, 0.29) is 16.0 Å². The van der Waals surface area contributed by atoms with Crippen LogP contribution in [0.1, 0.15) is 0 Å². The third-order valence-electron chi connectivity index (χ3n) is 1.31. The molecule has 2 N–H and O–H groups in total. The van der Waals surface area contributed by atoms with Crippen molar-refractivity contribution < 1.29 is 18.3 Å². The van der Waals surface area contributed by atoms with Gasteiger partial charge in [0.25, 0.3) is 0 Å². The molecule has 0 fully saturated rings. The lowest BCUT2D eigenvalue weighted by Gasteiger charge is -2.06. The van der Waals surface area contributed by atoms with E-state index in [1.54, 1.807) is 0 Å². The average Bonchev–Trinajstić information content (AvgIpc) is 2.10. The molecule has 1 aromatic heterocycles. The van der Waals surface area contributed by atoms with Crippen molar-refractivity contribution in [2.75, 3.05) is 10.5 Å². The smallest absolute Gasteiger partial charge is 0.320 e. The second-order valence-corrected chi connectivity index (χ2v) is 5.04. The molecule has 0 radical (unpaired) electrons. The molecule has 0 unspecified atom stereocenters. The van der Waals surface area contributed by atoms with Crippen LogP contribution in [0.15, 0.2) is 6.33 Å². The van der Waals surface area contributed by atoms with Crippen LogP contribution in [0, 0.1) is 0 Å². The van der Waals surface area contributed by atoms with Gasteiger partial charge in [-0.05, 0) is 0 Å². The summed E-state index contributed by atoms with van der Waals surface area (Å²) in [6.45, 7) is 0. The van der Waals surface area contributed by atoms with Crippen LogP contribution in [0.4, 0.5) is 5.82 Å². The van der Waals surface area contributed by atoms with Crippen molar-refractivity contribution in [3.63, 3.8) is 0 Å². The first-order valence-electron chi connectivity index (χ1n) is 3.70. The van der Waals surface area contributed by atoms with Crippen LogP contribution in [0.3, 0.4) is 0 Å². The van der Waals surface area contributed by atoms with Crippen LogP contribution in [-0.4, -0.2) is 35.2 Å². The van der Waals surface area contributed by atoms with Crippen molar-refractivity contribution in [3.05, 3.63) is 16.5 Å². The highest BCUT2D eigenvalue weighted by molar-refractivity contribution is 7.93. The first kappa shape index (κ1) is 12.9. The molecule has 1 rings (SSSR count). The number of halogens is 2. The van der Waals surface area contributed by atoms with E-state index in [9.17, 15) is 13.2 Å². The summed E-state index contributed by atoms with van der Waals surface area (Å²) in [5.74, 6) is -2.85. The number of carboxylic acids is 1. The zero-order valence-electron chi connectivity index (χ0n) is 7.52. The fourth-order valence-electron chi connectivity index (χ4n) is 0.765. The van der Waals surface area contributed by atoms with Crippen LogP contribution in [0.25, 0.3) is 0 Å². The maximum atomic E-state index is 11.2. The van der Waals surface area contributed by atoms with E-state index >= 15 is 0 Å². The summed E-state index contributed by atoms with van der Waals surface area (Å²) in [7, 11) is -4.06. The van der Waals surface area contributed by atoms with E-state index in [0.717, 1.165) is 6.33 Å². The molecule has 0 aliphatic heterocycles. The van der Waals surface area contributed by atoms with Gasteiger partial charge in [0, 0.05) is 0 Å². The van der Waals surface area contributed by atoms with Crippen LogP contribution in [0.5, 0.6) is 0 Å². The number of aliphatic carboxylic acids is 1. The number of anilines is 1. The second kappa shape index (κ2) is 4.81.